The highest BCUT2D eigenvalue weighted by Crippen LogP contribution is 2.33. The van der Waals surface area contributed by atoms with E-state index in [1.54, 1.807) is 18.2 Å². The van der Waals surface area contributed by atoms with Gasteiger partial charge in [-0.05, 0) is 43.5 Å². The number of nitrogens with one attached hydrogen (secondary N) is 2. The molecule has 0 unspecified atom stereocenters. The van der Waals surface area contributed by atoms with Crippen LogP contribution in [0.15, 0.2) is 48.7 Å². The van der Waals surface area contributed by atoms with Crippen LogP contribution in [0.25, 0.3) is 22.3 Å². The molecule has 0 aliphatic carbocycles. The van der Waals surface area contributed by atoms with Crippen molar-refractivity contribution in [3.05, 3.63) is 65.9 Å². The highest BCUT2D eigenvalue weighted by Gasteiger charge is 2.33. The third-order valence-electron chi connectivity index (χ3n) is 6.68. The molecular weight excluding hydrogens is 466 g/mol. The van der Waals surface area contributed by atoms with E-state index in [1.807, 2.05) is 24.3 Å². The highest BCUT2D eigenvalue weighted by molar-refractivity contribution is 5.92. The monoisotopic (exact) mass is 492 g/mol. The number of halogens is 2. The molecule has 5 rings (SSSR count). The molecule has 0 saturated carbocycles. The maximum absolute atomic E-state index is 13.9. The second-order valence-electron chi connectivity index (χ2n) is 9.21. The minimum absolute atomic E-state index is 0.0935. The van der Waals surface area contributed by atoms with E-state index >= 15 is 0 Å². The Balaban J connectivity index is 1.25. The molecule has 1 fully saturated rings. The number of para-hydroxylation sites is 1. The summed E-state index contributed by atoms with van der Waals surface area (Å²) in [6.45, 7) is 3.08. The minimum Gasteiger partial charge on any atom is -0.496 e. The van der Waals surface area contributed by atoms with E-state index in [4.69, 9.17) is 4.74 Å². The number of benzene rings is 2. The molecule has 3 heterocycles. The first-order valence-corrected chi connectivity index (χ1v) is 11.7. The van der Waals surface area contributed by atoms with Gasteiger partial charge >= 0.3 is 0 Å². The largest absolute Gasteiger partial charge is 0.496 e. The summed E-state index contributed by atoms with van der Waals surface area (Å²) in [5.74, 6) is -0.362. The van der Waals surface area contributed by atoms with Crippen molar-refractivity contribution in [1.82, 2.24) is 25.1 Å². The van der Waals surface area contributed by atoms with Gasteiger partial charge < -0.3 is 15.0 Å². The van der Waals surface area contributed by atoms with Crippen molar-refractivity contribution in [2.75, 3.05) is 25.5 Å². The minimum atomic E-state index is -0.702. The van der Waals surface area contributed by atoms with E-state index in [-0.39, 0.29) is 23.4 Å². The molecule has 186 valence electrons. The Kier molecular flexibility index (Phi) is 6.26. The fraction of sp³-hybridized carbons (Fsp3) is 0.308. The lowest BCUT2D eigenvalue weighted by molar-refractivity contribution is -0.131. The second kappa shape index (κ2) is 9.52. The number of amides is 1. The number of carbonyl (C=O) groups is 1. The number of aromatic amines is 1. The Labute approximate surface area is 206 Å². The number of nitrogens with zero attached hydrogens (tertiary/aromatic N) is 4. The predicted octanol–water partition coefficient (Wildman–Crippen LogP) is 4.34. The molecule has 0 spiro atoms. The molecule has 1 aliphatic rings. The summed E-state index contributed by atoms with van der Waals surface area (Å²) >= 11 is 0. The van der Waals surface area contributed by atoms with E-state index in [0.29, 0.717) is 37.5 Å². The summed E-state index contributed by atoms with van der Waals surface area (Å²) in [6, 6.07) is 10.9. The lowest BCUT2D eigenvalue weighted by Crippen LogP contribution is -2.49. The molecule has 10 heteroatoms. The molecule has 36 heavy (non-hydrogen) atoms. The molecule has 1 amide bonds. The van der Waals surface area contributed by atoms with Gasteiger partial charge in [-0.1, -0.05) is 18.2 Å². The Morgan fingerprint density at radius 3 is 2.72 bits per heavy atom. The normalized spacial score (nSPS) is 15.2. The molecular formula is C26H26F2N6O2. The van der Waals surface area contributed by atoms with E-state index < -0.39 is 11.6 Å². The number of aromatic nitrogens is 4. The van der Waals surface area contributed by atoms with E-state index in [0.717, 1.165) is 28.5 Å². The molecule has 1 saturated heterocycles. The van der Waals surface area contributed by atoms with E-state index in [1.165, 1.54) is 12.1 Å². The summed E-state index contributed by atoms with van der Waals surface area (Å²) in [5.41, 5.74) is 2.06. The molecule has 0 atom stereocenters. The van der Waals surface area contributed by atoms with Crippen LogP contribution in [0.2, 0.25) is 0 Å². The third-order valence-corrected chi connectivity index (χ3v) is 6.68. The fourth-order valence-electron chi connectivity index (χ4n) is 4.50. The number of ether oxygens (including phenoxy) is 1. The average molecular weight is 493 g/mol. The number of likely N-dealkylation sites (tertiary alicyclic amines) is 1. The van der Waals surface area contributed by atoms with Crippen LogP contribution in [-0.2, 0) is 11.2 Å². The van der Waals surface area contributed by atoms with Crippen molar-refractivity contribution in [3.63, 3.8) is 0 Å². The van der Waals surface area contributed by atoms with Crippen LogP contribution in [-0.4, -0.2) is 56.7 Å². The topological polar surface area (TPSA) is 96.0 Å². The number of carbonyl (C=O) groups excluding carboxylic acids is 1. The van der Waals surface area contributed by atoms with Crippen molar-refractivity contribution in [2.45, 2.75) is 31.7 Å². The first-order chi connectivity index (χ1) is 17.3. The number of piperidine rings is 1. The van der Waals surface area contributed by atoms with Gasteiger partial charge in [-0.25, -0.2) is 13.8 Å². The van der Waals surface area contributed by atoms with Crippen molar-refractivity contribution in [3.8, 4) is 17.0 Å². The van der Waals surface area contributed by atoms with Crippen LogP contribution in [0.1, 0.15) is 25.3 Å². The standard InChI is InChI=1S/C26H26F2N6O2/c1-26(9-11-34(12-10-26)22(35)13-16-7-8-17(27)14-20(16)28)31-25-29-15-19-23(32-33-24(19)30-25)18-5-3-4-6-21(18)36-2/h3-8,14-15H,9-13H2,1-2H3,(H2,29,30,31,32,33). The van der Waals surface area contributed by atoms with E-state index in [2.05, 4.69) is 32.4 Å². The number of fused-ring (bicyclic) bond motifs is 1. The van der Waals surface area contributed by atoms with Crippen LogP contribution < -0.4 is 10.1 Å². The summed E-state index contributed by atoms with van der Waals surface area (Å²) in [5, 5.41) is 11.6. The maximum Gasteiger partial charge on any atom is 0.227 e. The Hall–Kier alpha value is -4.08. The third kappa shape index (κ3) is 4.71. The van der Waals surface area contributed by atoms with Crippen molar-refractivity contribution >= 4 is 22.9 Å². The van der Waals surface area contributed by atoms with Crippen LogP contribution >= 0.6 is 0 Å². The molecule has 8 nitrogen and oxygen atoms in total. The number of anilines is 1. The van der Waals surface area contributed by atoms with Gasteiger partial charge in [0, 0.05) is 36.5 Å². The summed E-state index contributed by atoms with van der Waals surface area (Å²) in [6.07, 6.45) is 2.97. The van der Waals surface area contributed by atoms with Crippen molar-refractivity contribution in [2.24, 2.45) is 0 Å². The molecule has 0 radical (unpaired) electrons. The van der Waals surface area contributed by atoms with Gasteiger partial charge in [0.05, 0.1) is 24.6 Å². The number of hydrogen-bond donors (Lipinski definition) is 2. The van der Waals surface area contributed by atoms with Crippen LogP contribution in [0, 0.1) is 11.6 Å². The molecule has 2 aromatic carbocycles. The van der Waals surface area contributed by atoms with E-state index in [9.17, 15) is 13.6 Å². The Bertz CT molecular complexity index is 1410. The SMILES string of the molecule is COc1ccccc1-c1[nH]nc2nc(NC3(C)CCN(C(=O)Cc4ccc(F)cc4F)CC3)ncc12. The van der Waals surface area contributed by atoms with Crippen molar-refractivity contribution in [1.29, 1.82) is 0 Å². The lowest BCUT2D eigenvalue weighted by atomic mass is 9.89. The molecule has 2 aromatic heterocycles. The molecule has 4 aromatic rings. The zero-order valence-corrected chi connectivity index (χ0v) is 20.0. The van der Waals surface area contributed by atoms with Gasteiger partial charge in [-0.2, -0.15) is 10.1 Å². The predicted molar refractivity (Wildman–Crippen MR) is 132 cm³/mol. The average Bonchev–Trinajstić information content (AvgIpc) is 3.29. The summed E-state index contributed by atoms with van der Waals surface area (Å²) in [7, 11) is 1.62. The Morgan fingerprint density at radius 2 is 1.97 bits per heavy atom. The van der Waals surface area contributed by atoms with Gasteiger partial charge in [0.1, 0.15) is 17.4 Å². The number of hydrogen-bond acceptors (Lipinski definition) is 6. The first-order valence-electron chi connectivity index (χ1n) is 11.7. The molecule has 2 N–H and O–H groups in total. The first kappa shape index (κ1) is 23.7. The zero-order valence-electron chi connectivity index (χ0n) is 20.0. The van der Waals surface area contributed by atoms with Crippen LogP contribution in [0.3, 0.4) is 0 Å². The maximum atomic E-state index is 13.9. The van der Waals surface area contributed by atoms with Gasteiger partial charge in [0.15, 0.2) is 5.65 Å². The number of H-pyrrole nitrogens is 1. The quantitative estimate of drug-likeness (QED) is 0.416. The number of methoxy groups -OCH3 is 1. The molecule has 0 bridgehead atoms. The van der Waals surface area contributed by atoms with Gasteiger partial charge in [0.2, 0.25) is 11.9 Å². The van der Waals surface area contributed by atoms with Crippen LogP contribution in [0.4, 0.5) is 14.7 Å². The molecule has 1 aliphatic heterocycles. The van der Waals surface area contributed by atoms with Gasteiger partial charge in [0.25, 0.3) is 0 Å². The second-order valence-corrected chi connectivity index (χ2v) is 9.21. The number of rotatable bonds is 6. The summed E-state index contributed by atoms with van der Waals surface area (Å²) in [4.78, 5) is 23.5. The van der Waals surface area contributed by atoms with Crippen molar-refractivity contribution < 1.29 is 18.3 Å². The highest BCUT2D eigenvalue weighted by atomic mass is 19.1. The van der Waals surface area contributed by atoms with Crippen LogP contribution in [0.5, 0.6) is 5.75 Å². The van der Waals surface area contributed by atoms with Gasteiger partial charge in [-0.15, -0.1) is 0 Å². The Morgan fingerprint density at radius 1 is 1.19 bits per heavy atom. The smallest absolute Gasteiger partial charge is 0.227 e. The lowest BCUT2D eigenvalue weighted by Gasteiger charge is -2.40. The summed E-state index contributed by atoms with van der Waals surface area (Å²) < 4.78 is 32.5. The fourth-order valence-corrected chi connectivity index (χ4v) is 4.50. The zero-order chi connectivity index (χ0) is 25.3. The van der Waals surface area contributed by atoms with Gasteiger partial charge in [-0.3, -0.25) is 9.89 Å².